The van der Waals surface area contributed by atoms with Crippen molar-refractivity contribution >= 4 is 11.9 Å². The van der Waals surface area contributed by atoms with Gasteiger partial charge in [0.25, 0.3) is 0 Å². The number of aliphatic carboxylic acids is 1. The fourth-order valence-corrected chi connectivity index (χ4v) is 6.74. The van der Waals surface area contributed by atoms with Crippen LogP contribution in [0.1, 0.15) is 66.2 Å². The number of hydrogen-bond acceptors (Lipinski definition) is 2. The molecule has 0 aromatic rings. The molecule has 7 unspecified atom stereocenters. The van der Waals surface area contributed by atoms with E-state index in [9.17, 15) is 14.7 Å². The summed E-state index contributed by atoms with van der Waals surface area (Å²) in [5.74, 6) is 0.992. The lowest BCUT2D eigenvalue weighted by Gasteiger charge is -2.58. The molecule has 3 saturated carbocycles. The maximum atomic E-state index is 11.7. The molecule has 4 nitrogen and oxygen atoms in total. The van der Waals surface area contributed by atoms with Crippen LogP contribution in [0.15, 0.2) is 12.2 Å². The first-order valence-electron chi connectivity index (χ1n) is 10.1. The van der Waals surface area contributed by atoms with Crippen LogP contribution < -0.4 is 5.32 Å². The van der Waals surface area contributed by atoms with E-state index in [0.29, 0.717) is 17.8 Å². The van der Waals surface area contributed by atoms with Gasteiger partial charge in [0, 0.05) is 11.5 Å². The zero-order chi connectivity index (χ0) is 18.4. The smallest absolute Gasteiger partial charge is 0.307 e. The Labute approximate surface area is 151 Å². The van der Waals surface area contributed by atoms with Crippen LogP contribution in [-0.2, 0) is 9.59 Å². The Bertz CT molecular complexity index is 586. The van der Waals surface area contributed by atoms with Crippen molar-refractivity contribution in [3.05, 3.63) is 12.2 Å². The third-order valence-corrected chi connectivity index (χ3v) is 7.98. The van der Waals surface area contributed by atoms with Gasteiger partial charge < -0.3 is 10.4 Å². The molecule has 2 N–H and O–H groups in total. The molecule has 1 aliphatic heterocycles. The molecule has 0 aromatic heterocycles. The first kappa shape index (κ1) is 18.5. The van der Waals surface area contributed by atoms with Gasteiger partial charge in [-0.1, -0.05) is 33.8 Å². The molecule has 0 spiro atoms. The highest BCUT2D eigenvalue weighted by atomic mass is 16.4. The van der Waals surface area contributed by atoms with E-state index in [1.165, 1.54) is 0 Å². The van der Waals surface area contributed by atoms with Crippen molar-refractivity contribution in [3.8, 4) is 0 Å². The predicted octanol–water partition coefficient (Wildman–Crippen LogP) is 4.01. The minimum atomic E-state index is -0.599. The molecule has 0 saturated heterocycles. The van der Waals surface area contributed by atoms with E-state index in [-0.39, 0.29) is 28.7 Å². The van der Waals surface area contributed by atoms with Crippen molar-refractivity contribution < 1.29 is 14.7 Å². The van der Waals surface area contributed by atoms with Crippen molar-refractivity contribution in [2.24, 2.45) is 34.5 Å². The van der Waals surface area contributed by atoms with E-state index in [2.05, 4.69) is 25.2 Å². The van der Waals surface area contributed by atoms with Crippen LogP contribution in [0, 0.1) is 34.5 Å². The van der Waals surface area contributed by atoms with Gasteiger partial charge in [-0.05, 0) is 67.8 Å². The minimum absolute atomic E-state index is 0.0299. The lowest BCUT2D eigenvalue weighted by molar-refractivity contribution is -0.150. The number of carbonyl (C=O) groups is 2. The lowest BCUT2D eigenvalue weighted by atomic mass is 9.48. The van der Waals surface area contributed by atoms with Crippen LogP contribution in [0.25, 0.3) is 0 Å². The molecule has 0 bridgehead atoms. The Kier molecular flexibility index (Phi) is 4.76. The first-order chi connectivity index (χ1) is 11.9. The van der Waals surface area contributed by atoms with Crippen LogP contribution in [0.5, 0.6) is 0 Å². The minimum Gasteiger partial charge on any atom is -0.481 e. The van der Waals surface area contributed by atoms with Crippen LogP contribution in [0.4, 0.5) is 0 Å². The van der Waals surface area contributed by atoms with E-state index in [1.54, 1.807) is 6.08 Å². The summed E-state index contributed by atoms with van der Waals surface area (Å²) < 4.78 is 0. The average Bonchev–Trinajstić information content (AvgIpc) is 2.95. The Morgan fingerprint density at radius 1 is 1.12 bits per heavy atom. The number of nitrogens with one attached hydrogen (secondary N) is 1. The summed E-state index contributed by atoms with van der Waals surface area (Å²) in [4.78, 5) is 23.4. The molecular weight excluding hydrogens is 314 g/mol. The summed E-state index contributed by atoms with van der Waals surface area (Å²) in [7, 11) is 0. The summed E-state index contributed by atoms with van der Waals surface area (Å²) in [6.07, 6.45) is 10.0. The number of amides is 1. The highest BCUT2D eigenvalue weighted by molar-refractivity contribution is 5.89. The monoisotopic (exact) mass is 347 g/mol. The Balaban J connectivity index is 0.000000880. The van der Waals surface area contributed by atoms with Crippen molar-refractivity contribution in [1.29, 1.82) is 0 Å². The Hall–Kier alpha value is -1.32. The van der Waals surface area contributed by atoms with E-state index in [0.717, 1.165) is 38.5 Å². The number of fused-ring (bicyclic) bond motifs is 5. The van der Waals surface area contributed by atoms with Gasteiger partial charge in [0.1, 0.15) is 0 Å². The van der Waals surface area contributed by atoms with Crippen molar-refractivity contribution in [3.63, 3.8) is 0 Å². The van der Waals surface area contributed by atoms with Crippen molar-refractivity contribution in [1.82, 2.24) is 5.32 Å². The van der Waals surface area contributed by atoms with Gasteiger partial charge in [0.05, 0.1) is 5.92 Å². The molecule has 4 rings (SSSR count). The van der Waals surface area contributed by atoms with E-state index < -0.39 is 5.97 Å². The van der Waals surface area contributed by atoms with Gasteiger partial charge in [0.15, 0.2) is 0 Å². The van der Waals surface area contributed by atoms with Gasteiger partial charge in [-0.2, -0.15) is 0 Å². The number of rotatable bonds is 1. The molecule has 0 aromatic carbocycles. The number of carboxylic acid groups (broad SMARTS) is 1. The van der Waals surface area contributed by atoms with Gasteiger partial charge in [-0.15, -0.1) is 0 Å². The van der Waals surface area contributed by atoms with Gasteiger partial charge >= 0.3 is 5.97 Å². The van der Waals surface area contributed by atoms with Gasteiger partial charge in [0.2, 0.25) is 5.91 Å². The molecule has 3 fully saturated rings. The fourth-order valence-electron chi connectivity index (χ4n) is 6.74. The summed E-state index contributed by atoms with van der Waals surface area (Å²) in [6.45, 7) is 8.53. The second kappa shape index (κ2) is 6.44. The summed E-state index contributed by atoms with van der Waals surface area (Å²) in [5, 5.41) is 12.8. The van der Waals surface area contributed by atoms with Gasteiger partial charge in [-0.25, -0.2) is 0 Å². The van der Waals surface area contributed by atoms with E-state index >= 15 is 0 Å². The third-order valence-electron chi connectivity index (χ3n) is 7.98. The summed E-state index contributed by atoms with van der Waals surface area (Å²) in [6, 6.07) is 0.252. The highest BCUT2D eigenvalue weighted by Crippen LogP contribution is 2.64. The molecule has 4 aliphatic rings. The number of hydrogen-bond donors (Lipinski definition) is 2. The second-order valence-corrected chi connectivity index (χ2v) is 8.73. The molecule has 4 heteroatoms. The molecule has 25 heavy (non-hydrogen) atoms. The largest absolute Gasteiger partial charge is 0.481 e. The van der Waals surface area contributed by atoms with Crippen molar-refractivity contribution in [2.45, 2.75) is 72.3 Å². The Morgan fingerprint density at radius 2 is 1.84 bits per heavy atom. The quantitative estimate of drug-likeness (QED) is 0.753. The molecule has 140 valence electrons. The normalized spacial score (nSPS) is 47.5. The number of carbonyl (C=O) groups excluding carboxylic acids is 1. The molecule has 1 heterocycles. The predicted molar refractivity (Wildman–Crippen MR) is 97.9 cm³/mol. The fraction of sp³-hybridized carbons (Fsp3) is 0.810. The van der Waals surface area contributed by atoms with Gasteiger partial charge in [-0.3, -0.25) is 9.59 Å². The number of carboxylic acids is 1. The first-order valence-corrected chi connectivity index (χ1v) is 10.1. The van der Waals surface area contributed by atoms with Crippen LogP contribution in [0.2, 0.25) is 0 Å². The maximum absolute atomic E-state index is 11.7. The zero-order valence-electron chi connectivity index (χ0n) is 16.0. The summed E-state index contributed by atoms with van der Waals surface area (Å²) in [5.41, 5.74) is 0.0112. The molecule has 1 amide bonds. The van der Waals surface area contributed by atoms with E-state index in [4.69, 9.17) is 0 Å². The molecule has 3 aliphatic carbocycles. The topological polar surface area (TPSA) is 66.4 Å². The lowest BCUT2D eigenvalue weighted by Crippen LogP contribution is -2.59. The van der Waals surface area contributed by atoms with Crippen LogP contribution >= 0.6 is 0 Å². The summed E-state index contributed by atoms with van der Waals surface area (Å²) >= 11 is 0. The Morgan fingerprint density at radius 3 is 2.52 bits per heavy atom. The molecule has 7 atom stereocenters. The molecular formula is C21H33NO3. The standard InChI is InChI=1S/C19H27NO3.C2H6/c1-18-9-7-13-11(12(18)4-5-14(18)17(22)23)3-6-15-19(13,2)10-8-16(21)20-15;1-2/h8,10-15H,3-7,9H2,1-2H3,(H,20,21)(H,22,23);1-2H3. The molecule has 0 radical (unpaired) electrons. The highest BCUT2D eigenvalue weighted by Gasteiger charge is 2.60. The third kappa shape index (κ3) is 2.63. The van der Waals surface area contributed by atoms with Crippen LogP contribution in [0.3, 0.4) is 0 Å². The van der Waals surface area contributed by atoms with Crippen LogP contribution in [-0.4, -0.2) is 23.0 Å². The SMILES string of the molecule is CC.CC12C=CC(=O)NC1CCC1C2CCC2(C)C(C(=O)O)CCC12. The second-order valence-electron chi connectivity index (χ2n) is 8.73. The zero-order valence-corrected chi connectivity index (χ0v) is 16.0. The average molecular weight is 347 g/mol. The van der Waals surface area contributed by atoms with Crippen molar-refractivity contribution in [2.75, 3.05) is 0 Å². The maximum Gasteiger partial charge on any atom is 0.307 e. The van der Waals surface area contributed by atoms with E-state index in [1.807, 2.05) is 13.8 Å².